The second kappa shape index (κ2) is 4.83. The van der Waals surface area contributed by atoms with Crippen LogP contribution in [-0.2, 0) is 4.79 Å². The Balaban J connectivity index is 3.13. The number of carbonyl (C=O) groups is 1. The summed E-state index contributed by atoms with van der Waals surface area (Å²) in [6, 6.07) is 6.93. The van der Waals surface area contributed by atoms with Crippen LogP contribution in [0.2, 0.25) is 0 Å². The highest BCUT2D eigenvalue weighted by Crippen LogP contribution is 2.21. The van der Waals surface area contributed by atoms with Crippen LogP contribution in [0, 0.1) is 11.3 Å². The highest BCUT2D eigenvalue weighted by atomic mass is 16.4. The van der Waals surface area contributed by atoms with Crippen molar-refractivity contribution in [2.24, 2.45) is 0 Å². The smallest absolute Gasteiger partial charge is 0.323 e. The van der Waals surface area contributed by atoms with Crippen LogP contribution in [-0.4, -0.2) is 28.1 Å². The van der Waals surface area contributed by atoms with Crippen molar-refractivity contribution in [3.63, 3.8) is 0 Å². The van der Waals surface area contributed by atoms with Gasteiger partial charge in [0.25, 0.3) is 0 Å². The molecule has 0 unspecified atom stereocenters. The standard InChI is InChI=1S/C12H15N3O2/c1-12(2,3)15(8-11(16)17)10-6-4-5-9(7-13)14-10/h4-6H,8H2,1-3H3,(H,16,17). The predicted octanol–water partition coefficient (Wildman–Crippen LogP) is 1.64. The van der Waals surface area contributed by atoms with Crippen molar-refractivity contribution < 1.29 is 9.90 Å². The van der Waals surface area contributed by atoms with Crippen LogP contribution in [0.15, 0.2) is 18.2 Å². The number of aromatic nitrogens is 1. The molecule has 0 aliphatic heterocycles. The zero-order valence-corrected chi connectivity index (χ0v) is 10.1. The molecule has 0 fully saturated rings. The lowest BCUT2D eigenvalue weighted by atomic mass is 10.1. The molecule has 1 rings (SSSR count). The molecule has 0 bridgehead atoms. The Morgan fingerprint density at radius 2 is 2.18 bits per heavy atom. The lowest BCUT2D eigenvalue weighted by Gasteiger charge is -2.35. The highest BCUT2D eigenvalue weighted by molar-refractivity contribution is 5.73. The zero-order chi connectivity index (χ0) is 13.1. The van der Waals surface area contributed by atoms with Crippen molar-refractivity contribution in [3.8, 4) is 6.07 Å². The third-order valence-corrected chi connectivity index (χ3v) is 2.23. The van der Waals surface area contributed by atoms with E-state index < -0.39 is 5.97 Å². The van der Waals surface area contributed by atoms with Gasteiger partial charge in [-0.15, -0.1) is 0 Å². The first kappa shape index (κ1) is 13.0. The van der Waals surface area contributed by atoms with Gasteiger partial charge in [-0.3, -0.25) is 4.79 Å². The van der Waals surface area contributed by atoms with Crippen LogP contribution in [0.5, 0.6) is 0 Å². The molecular formula is C12H15N3O2. The number of carboxylic acid groups (broad SMARTS) is 1. The summed E-state index contributed by atoms with van der Waals surface area (Å²) in [6.45, 7) is 5.55. The summed E-state index contributed by atoms with van der Waals surface area (Å²) in [5.41, 5.74) is -0.0958. The molecule has 0 saturated carbocycles. The van der Waals surface area contributed by atoms with E-state index in [1.165, 1.54) is 0 Å². The number of pyridine rings is 1. The molecule has 1 heterocycles. The fourth-order valence-corrected chi connectivity index (χ4v) is 1.43. The Kier molecular flexibility index (Phi) is 3.69. The molecule has 0 amide bonds. The van der Waals surface area contributed by atoms with Gasteiger partial charge >= 0.3 is 5.97 Å². The van der Waals surface area contributed by atoms with Crippen molar-refractivity contribution in [1.82, 2.24) is 4.98 Å². The van der Waals surface area contributed by atoms with Gasteiger partial charge in [-0.1, -0.05) is 6.07 Å². The van der Waals surface area contributed by atoms with Gasteiger partial charge in [0.15, 0.2) is 0 Å². The minimum atomic E-state index is -0.927. The topological polar surface area (TPSA) is 77.2 Å². The van der Waals surface area contributed by atoms with E-state index in [9.17, 15) is 4.79 Å². The minimum Gasteiger partial charge on any atom is -0.480 e. The molecule has 5 nitrogen and oxygen atoms in total. The SMILES string of the molecule is CC(C)(C)N(CC(=O)O)c1cccc(C#N)n1. The van der Waals surface area contributed by atoms with Gasteiger partial charge < -0.3 is 10.0 Å². The van der Waals surface area contributed by atoms with E-state index in [0.29, 0.717) is 5.82 Å². The van der Waals surface area contributed by atoms with E-state index >= 15 is 0 Å². The van der Waals surface area contributed by atoms with Crippen molar-refractivity contribution >= 4 is 11.8 Å². The normalized spacial score (nSPS) is 10.7. The van der Waals surface area contributed by atoms with E-state index in [1.54, 1.807) is 23.1 Å². The summed E-state index contributed by atoms with van der Waals surface area (Å²) < 4.78 is 0. The first-order valence-corrected chi connectivity index (χ1v) is 5.21. The molecular weight excluding hydrogens is 218 g/mol. The third-order valence-electron chi connectivity index (χ3n) is 2.23. The molecule has 5 heteroatoms. The van der Waals surface area contributed by atoms with E-state index in [1.807, 2.05) is 26.8 Å². The zero-order valence-electron chi connectivity index (χ0n) is 10.1. The minimum absolute atomic E-state index is 0.147. The molecule has 0 aliphatic carbocycles. The number of aliphatic carboxylic acids is 1. The summed E-state index contributed by atoms with van der Waals surface area (Å²) in [5.74, 6) is -0.428. The Morgan fingerprint density at radius 3 is 2.65 bits per heavy atom. The van der Waals surface area contributed by atoms with Crippen molar-refractivity contribution in [3.05, 3.63) is 23.9 Å². The number of nitriles is 1. The Bertz CT molecular complexity index is 458. The molecule has 0 atom stereocenters. The Labute approximate surface area is 100 Å². The lowest BCUT2D eigenvalue weighted by Crippen LogP contribution is -2.45. The van der Waals surface area contributed by atoms with E-state index in [-0.39, 0.29) is 17.8 Å². The average molecular weight is 233 g/mol. The number of hydrogen-bond acceptors (Lipinski definition) is 4. The van der Waals surface area contributed by atoms with Gasteiger partial charge in [-0.05, 0) is 32.9 Å². The van der Waals surface area contributed by atoms with Crippen LogP contribution in [0.25, 0.3) is 0 Å². The van der Waals surface area contributed by atoms with Crippen molar-refractivity contribution in [2.75, 3.05) is 11.4 Å². The fraction of sp³-hybridized carbons (Fsp3) is 0.417. The monoisotopic (exact) mass is 233 g/mol. The van der Waals surface area contributed by atoms with Gasteiger partial charge in [0, 0.05) is 5.54 Å². The molecule has 1 aromatic rings. The molecule has 1 aromatic heterocycles. The first-order chi connectivity index (χ1) is 7.84. The van der Waals surface area contributed by atoms with Gasteiger partial charge in [0.05, 0.1) is 0 Å². The number of anilines is 1. The summed E-state index contributed by atoms with van der Waals surface area (Å²) in [4.78, 5) is 16.6. The molecule has 0 spiro atoms. The average Bonchev–Trinajstić information content (AvgIpc) is 2.24. The first-order valence-electron chi connectivity index (χ1n) is 5.21. The quantitative estimate of drug-likeness (QED) is 0.858. The number of carboxylic acids is 1. The maximum Gasteiger partial charge on any atom is 0.323 e. The van der Waals surface area contributed by atoms with Crippen molar-refractivity contribution in [1.29, 1.82) is 5.26 Å². The van der Waals surface area contributed by atoms with E-state index in [0.717, 1.165) is 0 Å². The van der Waals surface area contributed by atoms with E-state index in [4.69, 9.17) is 10.4 Å². The second-order valence-corrected chi connectivity index (χ2v) is 4.64. The highest BCUT2D eigenvalue weighted by Gasteiger charge is 2.25. The van der Waals surface area contributed by atoms with Crippen LogP contribution in [0.4, 0.5) is 5.82 Å². The number of rotatable bonds is 3. The van der Waals surface area contributed by atoms with E-state index in [2.05, 4.69) is 4.98 Å². The third kappa shape index (κ3) is 3.45. The summed E-state index contributed by atoms with van der Waals surface area (Å²) in [5, 5.41) is 17.7. The Hall–Kier alpha value is -2.09. The lowest BCUT2D eigenvalue weighted by molar-refractivity contribution is -0.135. The second-order valence-electron chi connectivity index (χ2n) is 4.64. The summed E-state index contributed by atoms with van der Waals surface area (Å²) in [7, 11) is 0. The van der Waals surface area contributed by atoms with Gasteiger partial charge in [-0.2, -0.15) is 5.26 Å². The summed E-state index contributed by atoms with van der Waals surface area (Å²) >= 11 is 0. The molecule has 17 heavy (non-hydrogen) atoms. The van der Waals surface area contributed by atoms with Gasteiger partial charge in [-0.25, -0.2) is 4.98 Å². The predicted molar refractivity (Wildman–Crippen MR) is 63.7 cm³/mol. The van der Waals surface area contributed by atoms with Crippen molar-refractivity contribution in [2.45, 2.75) is 26.3 Å². The Morgan fingerprint density at radius 1 is 1.53 bits per heavy atom. The molecule has 90 valence electrons. The van der Waals surface area contributed by atoms with Gasteiger partial charge in [0.2, 0.25) is 0 Å². The molecule has 0 radical (unpaired) electrons. The largest absolute Gasteiger partial charge is 0.480 e. The summed E-state index contributed by atoms with van der Waals surface area (Å²) in [6.07, 6.45) is 0. The number of hydrogen-bond donors (Lipinski definition) is 1. The molecule has 0 aliphatic rings. The van der Waals surface area contributed by atoms with Crippen LogP contribution < -0.4 is 4.90 Å². The van der Waals surface area contributed by atoms with Crippen LogP contribution in [0.3, 0.4) is 0 Å². The number of nitrogens with zero attached hydrogens (tertiary/aromatic N) is 3. The molecule has 0 saturated heterocycles. The maximum atomic E-state index is 10.8. The maximum absolute atomic E-state index is 10.8. The van der Waals surface area contributed by atoms with Gasteiger partial charge in [0.1, 0.15) is 24.1 Å². The fourth-order valence-electron chi connectivity index (χ4n) is 1.43. The molecule has 1 N–H and O–H groups in total. The van der Waals surface area contributed by atoms with Crippen LogP contribution >= 0.6 is 0 Å². The van der Waals surface area contributed by atoms with Crippen LogP contribution in [0.1, 0.15) is 26.5 Å². The molecule has 0 aromatic carbocycles.